The molecule has 1 aromatic carbocycles. The van der Waals surface area contributed by atoms with Crippen LogP contribution in [0.15, 0.2) is 29.3 Å². The van der Waals surface area contributed by atoms with Gasteiger partial charge in [-0.3, -0.25) is 0 Å². The van der Waals surface area contributed by atoms with E-state index in [0.29, 0.717) is 12.1 Å². The van der Waals surface area contributed by atoms with Gasteiger partial charge in [-0.1, -0.05) is 36.3 Å². The highest BCUT2D eigenvalue weighted by atomic mass is 32.1. The molecule has 98 valence electrons. The number of aromatic nitrogens is 1. The zero-order chi connectivity index (χ0) is 12.7. The zero-order valence-electron chi connectivity index (χ0n) is 10.6. The Kier molecular flexibility index (Phi) is 2.65. The Hall–Kier alpha value is -1.62. The summed E-state index contributed by atoms with van der Waals surface area (Å²) in [6.07, 6.45) is 5.07. The summed E-state index contributed by atoms with van der Waals surface area (Å²) in [6.45, 7) is 0. The maximum Gasteiger partial charge on any atom is 0.198 e. The highest BCUT2D eigenvalue weighted by Gasteiger charge is 2.30. The number of para-hydroxylation sites is 1. The molecule has 1 aromatic heterocycles. The lowest BCUT2D eigenvalue weighted by atomic mass is 9.92. The average Bonchev–Trinajstić information content (AvgIpc) is 3.00. The standard InChI is InChI=1S/C14H16N4S/c1-2-6-10-9(5-1)15-13(16-10)18-14-17-11-7-3-4-8-12(11)19-14/h3-4,7-10H,1-2,5-6H2,(H2,15,16,17,18). The highest BCUT2D eigenvalue weighted by Crippen LogP contribution is 2.28. The number of benzene rings is 1. The van der Waals surface area contributed by atoms with E-state index in [2.05, 4.69) is 21.7 Å². The van der Waals surface area contributed by atoms with Gasteiger partial charge in [0.15, 0.2) is 11.1 Å². The fourth-order valence-corrected chi connectivity index (χ4v) is 3.77. The van der Waals surface area contributed by atoms with Gasteiger partial charge < -0.3 is 10.6 Å². The molecule has 0 bridgehead atoms. The van der Waals surface area contributed by atoms with Crippen LogP contribution < -0.4 is 10.6 Å². The second-order valence-electron chi connectivity index (χ2n) is 5.19. The molecule has 2 aliphatic rings. The smallest absolute Gasteiger partial charge is 0.198 e. The number of nitrogens with zero attached hydrogens (tertiary/aromatic N) is 2. The van der Waals surface area contributed by atoms with Crippen LogP contribution in [0.25, 0.3) is 10.2 Å². The molecule has 4 rings (SSSR count). The van der Waals surface area contributed by atoms with Crippen molar-refractivity contribution in [3.63, 3.8) is 0 Å². The molecule has 5 heteroatoms. The minimum Gasteiger partial charge on any atom is -0.351 e. The van der Waals surface area contributed by atoms with Crippen LogP contribution >= 0.6 is 11.3 Å². The third-order valence-corrected chi connectivity index (χ3v) is 4.82. The summed E-state index contributed by atoms with van der Waals surface area (Å²) >= 11 is 1.67. The van der Waals surface area contributed by atoms with Crippen LogP contribution in [0.1, 0.15) is 25.7 Å². The summed E-state index contributed by atoms with van der Waals surface area (Å²) in [5.41, 5.74) is 1.05. The van der Waals surface area contributed by atoms with Crippen molar-refractivity contribution < 1.29 is 0 Å². The van der Waals surface area contributed by atoms with Crippen molar-refractivity contribution in [3.05, 3.63) is 24.3 Å². The first-order valence-electron chi connectivity index (χ1n) is 6.85. The number of anilines is 1. The molecule has 0 spiro atoms. The van der Waals surface area contributed by atoms with E-state index in [0.717, 1.165) is 16.6 Å². The van der Waals surface area contributed by atoms with E-state index in [1.165, 1.54) is 30.4 Å². The van der Waals surface area contributed by atoms with Gasteiger partial charge in [-0.15, -0.1) is 0 Å². The third-order valence-electron chi connectivity index (χ3n) is 3.87. The number of thiazole rings is 1. The van der Waals surface area contributed by atoms with Gasteiger partial charge in [0.05, 0.1) is 22.3 Å². The highest BCUT2D eigenvalue weighted by molar-refractivity contribution is 7.22. The quantitative estimate of drug-likeness (QED) is 0.839. The fraction of sp³-hybridized carbons (Fsp3) is 0.429. The molecule has 2 aromatic rings. The molecule has 19 heavy (non-hydrogen) atoms. The minimum atomic E-state index is 0.464. The molecule has 2 atom stereocenters. The number of aliphatic imine (C=N–C) groups is 1. The Balaban J connectivity index is 1.55. The molecular formula is C14H16N4S. The normalized spacial score (nSPS) is 25.8. The largest absolute Gasteiger partial charge is 0.351 e. The maximum atomic E-state index is 4.74. The Morgan fingerprint density at radius 3 is 3.00 bits per heavy atom. The molecular weight excluding hydrogens is 256 g/mol. The number of fused-ring (bicyclic) bond motifs is 2. The molecule has 0 amide bonds. The van der Waals surface area contributed by atoms with Crippen LogP contribution in [0.4, 0.5) is 5.13 Å². The zero-order valence-corrected chi connectivity index (χ0v) is 11.4. The first-order chi connectivity index (χ1) is 9.38. The van der Waals surface area contributed by atoms with Crippen molar-refractivity contribution >= 4 is 32.6 Å². The second-order valence-corrected chi connectivity index (χ2v) is 6.22. The summed E-state index contributed by atoms with van der Waals surface area (Å²) in [5.74, 6) is 0.899. The second kappa shape index (κ2) is 4.49. The maximum absolute atomic E-state index is 4.74. The molecule has 0 saturated heterocycles. The molecule has 1 aliphatic carbocycles. The number of hydrogen-bond donors (Lipinski definition) is 2. The van der Waals surface area contributed by atoms with Gasteiger partial charge >= 0.3 is 0 Å². The van der Waals surface area contributed by atoms with Crippen molar-refractivity contribution in [1.29, 1.82) is 0 Å². The van der Waals surface area contributed by atoms with Crippen LogP contribution in [0.3, 0.4) is 0 Å². The van der Waals surface area contributed by atoms with E-state index in [9.17, 15) is 0 Å². The summed E-state index contributed by atoms with van der Waals surface area (Å²) in [7, 11) is 0. The van der Waals surface area contributed by atoms with Gasteiger partial charge in [0.25, 0.3) is 0 Å². The van der Waals surface area contributed by atoms with E-state index >= 15 is 0 Å². The van der Waals surface area contributed by atoms with Gasteiger partial charge in [-0.05, 0) is 25.0 Å². The third kappa shape index (κ3) is 2.08. The monoisotopic (exact) mass is 272 g/mol. The molecule has 1 saturated carbocycles. The van der Waals surface area contributed by atoms with Gasteiger partial charge in [0.2, 0.25) is 0 Å². The molecule has 0 radical (unpaired) electrons. The average molecular weight is 272 g/mol. The summed E-state index contributed by atoms with van der Waals surface area (Å²) in [4.78, 5) is 9.32. The molecule has 2 heterocycles. The lowest BCUT2D eigenvalue weighted by molar-refractivity contribution is 0.384. The lowest BCUT2D eigenvalue weighted by Gasteiger charge is -2.22. The van der Waals surface area contributed by atoms with Gasteiger partial charge in [0, 0.05) is 0 Å². The van der Waals surface area contributed by atoms with Gasteiger partial charge in [-0.2, -0.15) is 0 Å². The van der Waals surface area contributed by atoms with Gasteiger partial charge in [-0.25, -0.2) is 9.98 Å². The number of nitrogens with one attached hydrogen (secondary N) is 2. The first-order valence-corrected chi connectivity index (χ1v) is 7.67. The van der Waals surface area contributed by atoms with Crippen molar-refractivity contribution in [2.45, 2.75) is 37.8 Å². The Labute approximate surface area is 116 Å². The summed E-state index contributed by atoms with van der Waals surface area (Å²) in [5, 5.41) is 7.75. The number of hydrogen-bond acceptors (Lipinski definition) is 5. The van der Waals surface area contributed by atoms with Crippen molar-refractivity contribution in [2.75, 3.05) is 5.32 Å². The molecule has 1 fully saturated rings. The van der Waals surface area contributed by atoms with Crippen LogP contribution in [0.5, 0.6) is 0 Å². The van der Waals surface area contributed by atoms with Crippen molar-refractivity contribution in [2.24, 2.45) is 4.99 Å². The summed E-state index contributed by atoms with van der Waals surface area (Å²) < 4.78 is 1.21. The number of guanidine groups is 1. The van der Waals surface area contributed by atoms with E-state index in [4.69, 9.17) is 4.99 Å². The Bertz CT molecular complexity index is 600. The van der Waals surface area contributed by atoms with Crippen molar-refractivity contribution in [3.8, 4) is 0 Å². The predicted octanol–water partition coefficient (Wildman–Crippen LogP) is 2.98. The molecule has 1 aliphatic heterocycles. The molecule has 2 unspecified atom stereocenters. The van der Waals surface area contributed by atoms with Crippen molar-refractivity contribution in [1.82, 2.24) is 10.3 Å². The van der Waals surface area contributed by atoms with E-state index in [1.54, 1.807) is 11.3 Å². The lowest BCUT2D eigenvalue weighted by Crippen LogP contribution is -2.38. The van der Waals surface area contributed by atoms with E-state index in [-0.39, 0.29) is 0 Å². The molecule has 4 nitrogen and oxygen atoms in total. The Morgan fingerprint density at radius 1 is 1.21 bits per heavy atom. The SMILES string of the molecule is c1ccc2sc(NC3=NC4CCCCC4N3)nc2c1. The summed E-state index contributed by atoms with van der Waals surface area (Å²) in [6, 6.07) is 9.20. The van der Waals surface area contributed by atoms with Crippen LogP contribution in [0.2, 0.25) is 0 Å². The Morgan fingerprint density at radius 2 is 2.11 bits per heavy atom. The minimum absolute atomic E-state index is 0.464. The van der Waals surface area contributed by atoms with Crippen LogP contribution in [-0.4, -0.2) is 23.0 Å². The topological polar surface area (TPSA) is 49.3 Å². The van der Waals surface area contributed by atoms with E-state index in [1.807, 2.05) is 18.2 Å². The predicted molar refractivity (Wildman–Crippen MR) is 79.9 cm³/mol. The van der Waals surface area contributed by atoms with E-state index < -0.39 is 0 Å². The first kappa shape index (κ1) is 11.2. The number of rotatable bonds is 1. The van der Waals surface area contributed by atoms with Gasteiger partial charge in [0.1, 0.15) is 0 Å². The van der Waals surface area contributed by atoms with Crippen LogP contribution in [-0.2, 0) is 0 Å². The molecule has 2 N–H and O–H groups in total. The van der Waals surface area contributed by atoms with Crippen LogP contribution in [0, 0.1) is 0 Å². The fourth-order valence-electron chi connectivity index (χ4n) is 2.91.